The van der Waals surface area contributed by atoms with Gasteiger partial charge in [0.05, 0.1) is 3.79 Å². The van der Waals surface area contributed by atoms with Crippen molar-refractivity contribution in [3.63, 3.8) is 0 Å². The van der Waals surface area contributed by atoms with Crippen LogP contribution in [0.15, 0.2) is 36.7 Å². The molecule has 102 valence electrons. The van der Waals surface area contributed by atoms with Crippen molar-refractivity contribution >= 4 is 58.9 Å². The van der Waals surface area contributed by atoms with E-state index >= 15 is 0 Å². The van der Waals surface area contributed by atoms with Gasteiger partial charge in [0.1, 0.15) is 4.21 Å². The van der Waals surface area contributed by atoms with Gasteiger partial charge in [-0.15, -0.1) is 11.3 Å². The maximum absolute atomic E-state index is 12.2. The minimum Gasteiger partial charge on any atom is -0.279 e. The number of hydrogen-bond donors (Lipinski definition) is 1. The molecule has 0 aliphatic rings. The Morgan fingerprint density at radius 3 is 2.32 bits per heavy atom. The highest BCUT2D eigenvalue weighted by Crippen LogP contribution is 2.32. The summed E-state index contributed by atoms with van der Waals surface area (Å²) in [7, 11) is -3.53. The third kappa shape index (κ3) is 3.39. The molecule has 2 aromatic rings. The number of rotatable bonds is 3. The van der Waals surface area contributed by atoms with Crippen molar-refractivity contribution in [3.8, 4) is 0 Å². The third-order valence-electron chi connectivity index (χ3n) is 2.52. The number of sulfonamides is 1. The molecular weight excluding hydrogens is 414 g/mol. The molecule has 0 spiro atoms. The van der Waals surface area contributed by atoms with Crippen molar-refractivity contribution in [1.82, 2.24) is 0 Å². The van der Waals surface area contributed by atoms with Crippen LogP contribution < -0.4 is 4.72 Å². The Kier molecular flexibility index (Phi) is 4.39. The number of benzene rings is 1. The summed E-state index contributed by atoms with van der Waals surface area (Å²) in [5.74, 6) is 0. The molecule has 0 radical (unpaired) electrons. The molecule has 1 N–H and O–H groups in total. The van der Waals surface area contributed by atoms with Crippen LogP contribution in [0.2, 0.25) is 0 Å². The smallest absolute Gasteiger partial charge is 0.271 e. The van der Waals surface area contributed by atoms with Gasteiger partial charge in [-0.25, -0.2) is 8.42 Å². The van der Waals surface area contributed by atoms with Crippen LogP contribution in [-0.4, -0.2) is 8.42 Å². The van der Waals surface area contributed by atoms with Gasteiger partial charge in [0.25, 0.3) is 10.0 Å². The van der Waals surface area contributed by atoms with Gasteiger partial charge in [0.2, 0.25) is 0 Å². The summed E-state index contributed by atoms with van der Waals surface area (Å²) in [5, 5.41) is 0. The van der Waals surface area contributed by atoms with E-state index in [9.17, 15) is 8.42 Å². The molecule has 0 saturated carbocycles. The van der Waals surface area contributed by atoms with Crippen molar-refractivity contribution in [2.45, 2.75) is 18.1 Å². The van der Waals surface area contributed by atoms with Crippen LogP contribution in [-0.2, 0) is 10.0 Å². The fourth-order valence-electron chi connectivity index (χ4n) is 1.43. The molecule has 1 heterocycles. The van der Waals surface area contributed by atoms with Crippen molar-refractivity contribution in [2.75, 3.05) is 4.72 Å². The molecule has 2 rings (SSSR count). The molecule has 3 nitrogen and oxygen atoms in total. The van der Waals surface area contributed by atoms with Crippen LogP contribution in [0.3, 0.4) is 0 Å². The van der Waals surface area contributed by atoms with Gasteiger partial charge in [-0.3, -0.25) is 4.72 Å². The highest BCUT2D eigenvalue weighted by Gasteiger charge is 2.18. The molecule has 19 heavy (non-hydrogen) atoms. The van der Waals surface area contributed by atoms with E-state index in [1.807, 2.05) is 19.9 Å². The van der Waals surface area contributed by atoms with Crippen LogP contribution in [0.5, 0.6) is 0 Å². The lowest BCUT2D eigenvalue weighted by molar-refractivity contribution is 0.603. The van der Waals surface area contributed by atoms with Crippen LogP contribution in [0.1, 0.15) is 11.1 Å². The summed E-state index contributed by atoms with van der Waals surface area (Å²) >= 11 is 7.92. The molecule has 0 fully saturated rings. The molecule has 0 aliphatic carbocycles. The predicted molar refractivity (Wildman–Crippen MR) is 86.4 cm³/mol. The van der Waals surface area contributed by atoms with Crippen molar-refractivity contribution < 1.29 is 8.42 Å². The second-order valence-corrected chi connectivity index (χ2v) is 9.23. The summed E-state index contributed by atoms with van der Waals surface area (Å²) in [6.07, 6.45) is 0. The average molecular weight is 425 g/mol. The topological polar surface area (TPSA) is 46.2 Å². The highest BCUT2D eigenvalue weighted by atomic mass is 79.9. The zero-order chi connectivity index (χ0) is 14.2. The lowest BCUT2D eigenvalue weighted by Gasteiger charge is -2.07. The number of hydrogen-bond acceptors (Lipinski definition) is 3. The average Bonchev–Trinajstić information content (AvgIpc) is 2.65. The van der Waals surface area contributed by atoms with E-state index in [4.69, 9.17) is 0 Å². The van der Waals surface area contributed by atoms with E-state index in [0.29, 0.717) is 9.90 Å². The highest BCUT2D eigenvalue weighted by molar-refractivity contribution is 9.11. The van der Waals surface area contributed by atoms with Gasteiger partial charge in [-0.1, -0.05) is 22.0 Å². The van der Waals surface area contributed by atoms with Crippen LogP contribution in [0.25, 0.3) is 0 Å². The van der Waals surface area contributed by atoms with Gasteiger partial charge in [0.15, 0.2) is 0 Å². The van der Waals surface area contributed by atoms with Gasteiger partial charge in [-0.2, -0.15) is 0 Å². The Labute approximate surface area is 133 Å². The zero-order valence-corrected chi connectivity index (χ0v) is 15.0. The Bertz CT molecular complexity index is 704. The molecule has 7 heteroatoms. The second kappa shape index (κ2) is 5.55. The number of halogens is 2. The predicted octanol–water partition coefficient (Wildman–Crippen LogP) is 4.69. The Balaban J connectivity index is 2.33. The maximum Gasteiger partial charge on any atom is 0.271 e. The summed E-state index contributed by atoms with van der Waals surface area (Å²) in [4.78, 5) is 0. The molecule has 0 amide bonds. The fourth-order valence-corrected chi connectivity index (χ4v) is 5.08. The first-order valence-corrected chi connectivity index (χ1v) is 9.23. The minimum atomic E-state index is -3.53. The molecule has 0 unspecified atom stereocenters. The van der Waals surface area contributed by atoms with Crippen molar-refractivity contribution in [1.29, 1.82) is 0 Å². The SMILES string of the molecule is Cc1ccc(NS(=O)(=O)c2cc(C)c(Br)s2)cc1Br. The quantitative estimate of drug-likeness (QED) is 0.776. The van der Waals surface area contributed by atoms with Crippen LogP contribution in [0.4, 0.5) is 5.69 Å². The number of aryl methyl sites for hydroxylation is 2. The van der Waals surface area contributed by atoms with E-state index in [-0.39, 0.29) is 0 Å². The summed E-state index contributed by atoms with van der Waals surface area (Å²) < 4.78 is 29.0. The Morgan fingerprint density at radius 2 is 1.79 bits per heavy atom. The van der Waals surface area contributed by atoms with E-state index in [0.717, 1.165) is 19.4 Å². The second-order valence-electron chi connectivity index (χ2n) is 4.09. The van der Waals surface area contributed by atoms with Crippen LogP contribution >= 0.6 is 43.2 Å². The van der Waals surface area contributed by atoms with Gasteiger partial charge >= 0.3 is 0 Å². The first-order valence-electron chi connectivity index (χ1n) is 5.34. The van der Waals surface area contributed by atoms with E-state index in [1.54, 1.807) is 18.2 Å². The van der Waals surface area contributed by atoms with E-state index < -0.39 is 10.0 Å². The van der Waals surface area contributed by atoms with Crippen LogP contribution in [0, 0.1) is 13.8 Å². The number of nitrogens with one attached hydrogen (secondary N) is 1. The van der Waals surface area contributed by atoms with E-state index in [2.05, 4.69) is 36.6 Å². The third-order valence-corrected chi connectivity index (χ3v) is 7.37. The summed E-state index contributed by atoms with van der Waals surface area (Å²) in [5.41, 5.74) is 2.51. The standard InChI is InChI=1S/C12H11Br2NO2S2/c1-7-3-4-9(6-10(7)13)15-19(16,17)11-5-8(2)12(14)18-11/h3-6,15H,1-2H3. The minimum absolute atomic E-state index is 0.300. The van der Waals surface area contributed by atoms with Gasteiger partial charge in [-0.05, 0) is 59.1 Å². The van der Waals surface area contributed by atoms with Crippen molar-refractivity contribution in [3.05, 3.63) is 43.7 Å². The fraction of sp³-hybridized carbons (Fsp3) is 0.167. The maximum atomic E-state index is 12.2. The monoisotopic (exact) mass is 423 g/mol. The lowest BCUT2D eigenvalue weighted by Crippen LogP contribution is -2.11. The van der Waals surface area contributed by atoms with E-state index in [1.165, 1.54) is 11.3 Å². The Morgan fingerprint density at radius 1 is 1.11 bits per heavy atom. The normalized spacial score (nSPS) is 11.6. The molecule has 0 bridgehead atoms. The molecule has 0 saturated heterocycles. The zero-order valence-electron chi connectivity index (χ0n) is 10.2. The van der Waals surface area contributed by atoms with Gasteiger partial charge < -0.3 is 0 Å². The molecule has 1 aromatic carbocycles. The molecule has 0 aliphatic heterocycles. The number of anilines is 1. The number of thiophene rings is 1. The van der Waals surface area contributed by atoms with Crippen molar-refractivity contribution in [2.24, 2.45) is 0 Å². The summed E-state index contributed by atoms with van der Waals surface area (Å²) in [6.45, 7) is 3.81. The largest absolute Gasteiger partial charge is 0.279 e. The summed E-state index contributed by atoms with van der Waals surface area (Å²) in [6, 6.07) is 7.01. The first kappa shape index (κ1) is 15.0. The molecular formula is C12H11Br2NO2S2. The van der Waals surface area contributed by atoms with Gasteiger partial charge in [0, 0.05) is 10.2 Å². The molecule has 0 atom stereocenters. The molecule has 1 aromatic heterocycles. The Hall–Kier alpha value is -0.370. The lowest BCUT2D eigenvalue weighted by atomic mass is 10.2. The first-order chi connectivity index (χ1) is 8.79.